The smallest absolute Gasteiger partial charge is 0.341 e. The first kappa shape index (κ1) is 18.5. The fourth-order valence-electron chi connectivity index (χ4n) is 3.96. The van der Waals surface area contributed by atoms with Crippen molar-refractivity contribution >= 4 is 27.9 Å². The zero-order valence-electron chi connectivity index (χ0n) is 16.4. The van der Waals surface area contributed by atoms with E-state index in [0.717, 1.165) is 18.9 Å². The van der Waals surface area contributed by atoms with Gasteiger partial charge in [-0.15, -0.1) is 0 Å². The minimum atomic E-state index is -1.36. The fraction of sp³-hybridized carbons (Fsp3) is 0.130. The lowest BCUT2D eigenvalue weighted by Crippen LogP contribution is -2.19. The van der Waals surface area contributed by atoms with Crippen LogP contribution in [0.3, 0.4) is 0 Å². The summed E-state index contributed by atoms with van der Waals surface area (Å²) >= 11 is 0. The number of halogens is 1. The quantitative estimate of drug-likeness (QED) is 0.413. The van der Waals surface area contributed by atoms with Gasteiger partial charge in [0.1, 0.15) is 28.0 Å². The number of carboxylic acids is 1. The van der Waals surface area contributed by atoms with Crippen LogP contribution in [0.4, 0.5) is 4.39 Å². The van der Waals surface area contributed by atoms with Crippen LogP contribution in [0.15, 0.2) is 62.7 Å². The van der Waals surface area contributed by atoms with Gasteiger partial charge in [0.2, 0.25) is 5.43 Å². The van der Waals surface area contributed by atoms with E-state index >= 15 is 4.39 Å². The van der Waals surface area contributed by atoms with E-state index in [2.05, 4.69) is 9.97 Å². The minimum absolute atomic E-state index is 0.00322. The summed E-state index contributed by atoms with van der Waals surface area (Å²) in [5.41, 5.74) is -0.0974. The molecular formula is C23H14FN3O5. The van der Waals surface area contributed by atoms with Crippen molar-refractivity contribution in [2.45, 2.75) is 18.9 Å². The summed E-state index contributed by atoms with van der Waals surface area (Å²) < 4.78 is 27.9. The van der Waals surface area contributed by atoms with Crippen molar-refractivity contribution in [3.8, 4) is 22.9 Å². The summed E-state index contributed by atoms with van der Waals surface area (Å²) in [4.78, 5) is 33.7. The van der Waals surface area contributed by atoms with E-state index in [1.807, 2.05) is 0 Å². The SMILES string of the molecule is O=C(O)c1cn(C2CC2)c2c(cc(F)c3nc(-c4ccco4)c(-c4ccco4)nc32)c1=O. The Morgan fingerprint density at radius 2 is 1.69 bits per heavy atom. The van der Waals surface area contributed by atoms with Crippen LogP contribution in [0.5, 0.6) is 0 Å². The first-order valence-corrected chi connectivity index (χ1v) is 9.93. The maximum Gasteiger partial charge on any atom is 0.341 e. The number of furan rings is 2. The Labute approximate surface area is 178 Å². The third-order valence-electron chi connectivity index (χ3n) is 5.57. The highest BCUT2D eigenvalue weighted by molar-refractivity contribution is 6.05. The molecule has 4 heterocycles. The highest BCUT2D eigenvalue weighted by Gasteiger charge is 2.30. The van der Waals surface area contributed by atoms with Gasteiger partial charge >= 0.3 is 5.97 Å². The van der Waals surface area contributed by atoms with Crippen LogP contribution in [-0.4, -0.2) is 25.6 Å². The van der Waals surface area contributed by atoms with Crippen molar-refractivity contribution in [1.82, 2.24) is 14.5 Å². The second-order valence-corrected chi connectivity index (χ2v) is 7.64. The highest BCUT2D eigenvalue weighted by atomic mass is 19.1. The Bertz CT molecular complexity index is 1580. The normalized spacial score (nSPS) is 13.8. The molecule has 8 nitrogen and oxygen atoms in total. The molecule has 1 aliphatic rings. The topological polar surface area (TPSA) is 111 Å². The number of pyridine rings is 1. The lowest BCUT2D eigenvalue weighted by molar-refractivity contribution is 0.0695. The molecular weight excluding hydrogens is 417 g/mol. The number of aromatic nitrogens is 3. The molecule has 1 aliphatic carbocycles. The number of aromatic carboxylic acids is 1. The Hall–Kier alpha value is -4.27. The number of nitrogens with zero attached hydrogens (tertiary/aromatic N) is 3. The zero-order chi connectivity index (χ0) is 22.0. The summed E-state index contributed by atoms with van der Waals surface area (Å²) in [6.45, 7) is 0. The van der Waals surface area contributed by atoms with Gasteiger partial charge in [-0.3, -0.25) is 4.79 Å². The summed E-state index contributed by atoms with van der Waals surface area (Å²) in [5, 5.41) is 9.44. The molecule has 1 saturated carbocycles. The molecule has 6 rings (SSSR count). The van der Waals surface area contributed by atoms with E-state index in [4.69, 9.17) is 8.83 Å². The lowest BCUT2D eigenvalue weighted by atomic mass is 10.1. The van der Waals surface area contributed by atoms with Gasteiger partial charge in [0.25, 0.3) is 0 Å². The van der Waals surface area contributed by atoms with Crippen molar-refractivity contribution < 1.29 is 23.1 Å². The number of hydrogen-bond acceptors (Lipinski definition) is 6. The lowest BCUT2D eigenvalue weighted by Gasteiger charge is -2.15. The number of hydrogen-bond donors (Lipinski definition) is 1. The van der Waals surface area contributed by atoms with Gasteiger partial charge < -0.3 is 18.5 Å². The average molecular weight is 431 g/mol. The van der Waals surface area contributed by atoms with Gasteiger partial charge in [-0.25, -0.2) is 19.2 Å². The van der Waals surface area contributed by atoms with Crippen LogP contribution >= 0.6 is 0 Å². The molecule has 0 spiro atoms. The van der Waals surface area contributed by atoms with Crippen LogP contribution in [0.1, 0.15) is 29.2 Å². The molecule has 9 heteroatoms. The van der Waals surface area contributed by atoms with Crippen LogP contribution < -0.4 is 5.43 Å². The first-order valence-electron chi connectivity index (χ1n) is 9.93. The van der Waals surface area contributed by atoms with E-state index in [1.165, 1.54) is 18.7 Å². The molecule has 5 aromatic rings. The zero-order valence-corrected chi connectivity index (χ0v) is 16.4. The Morgan fingerprint density at radius 3 is 2.22 bits per heavy atom. The number of carboxylic acid groups (broad SMARTS) is 1. The Kier molecular flexibility index (Phi) is 3.82. The van der Waals surface area contributed by atoms with E-state index < -0.39 is 22.8 Å². The molecule has 0 saturated heterocycles. The first-order chi connectivity index (χ1) is 15.5. The minimum Gasteiger partial charge on any atom is -0.477 e. The number of fused-ring (bicyclic) bond motifs is 3. The molecule has 32 heavy (non-hydrogen) atoms. The number of benzene rings is 1. The van der Waals surface area contributed by atoms with Crippen LogP contribution in [-0.2, 0) is 0 Å². The van der Waals surface area contributed by atoms with Crippen molar-refractivity contribution in [3.05, 3.63) is 70.7 Å². The van der Waals surface area contributed by atoms with E-state index in [1.54, 1.807) is 28.8 Å². The highest BCUT2D eigenvalue weighted by Crippen LogP contribution is 2.40. The monoisotopic (exact) mass is 431 g/mol. The molecule has 0 amide bonds. The molecule has 1 aromatic carbocycles. The van der Waals surface area contributed by atoms with Gasteiger partial charge in [0, 0.05) is 12.2 Å². The van der Waals surface area contributed by atoms with Gasteiger partial charge in [-0.1, -0.05) is 0 Å². The fourth-order valence-corrected chi connectivity index (χ4v) is 3.96. The molecule has 0 atom stereocenters. The average Bonchev–Trinajstić information content (AvgIpc) is 3.24. The van der Waals surface area contributed by atoms with Gasteiger partial charge in [-0.2, -0.15) is 0 Å². The molecule has 0 radical (unpaired) electrons. The Morgan fingerprint density at radius 1 is 1.06 bits per heavy atom. The van der Waals surface area contributed by atoms with Crippen molar-refractivity contribution in [1.29, 1.82) is 0 Å². The maximum atomic E-state index is 15.2. The number of rotatable bonds is 4. The predicted molar refractivity (Wildman–Crippen MR) is 112 cm³/mol. The molecule has 0 bridgehead atoms. The van der Waals surface area contributed by atoms with Crippen molar-refractivity contribution in [2.75, 3.05) is 0 Å². The van der Waals surface area contributed by atoms with Crippen LogP contribution in [0, 0.1) is 5.82 Å². The Balaban J connectivity index is 1.80. The van der Waals surface area contributed by atoms with E-state index in [9.17, 15) is 14.7 Å². The summed E-state index contributed by atoms with van der Waals surface area (Å²) in [6.07, 6.45) is 5.91. The van der Waals surface area contributed by atoms with Gasteiger partial charge in [0.05, 0.1) is 23.4 Å². The molecule has 4 aromatic heterocycles. The molecule has 0 aliphatic heterocycles. The third-order valence-corrected chi connectivity index (χ3v) is 5.57. The summed E-state index contributed by atoms with van der Waals surface area (Å²) in [6, 6.07) is 7.79. The van der Waals surface area contributed by atoms with E-state index in [0.29, 0.717) is 22.7 Å². The predicted octanol–water partition coefficient (Wildman–Crippen LogP) is 4.64. The van der Waals surface area contributed by atoms with Crippen molar-refractivity contribution in [3.63, 3.8) is 0 Å². The van der Waals surface area contributed by atoms with Gasteiger partial charge in [-0.05, 0) is 43.2 Å². The number of carbonyl (C=O) groups is 1. The third kappa shape index (κ3) is 2.67. The standard InChI is InChI=1S/C23H14FN3O5/c24-14-9-12-21(27(11-5-6-11)10-13(22(12)28)23(29)30)20-17(14)25-18(15-3-1-7-31-15)19(26-20)16-4-2-8-32-16/h1-4,7-11H,5-6H2,(H,29,30). The largest absolute Gasteiger partial charge is 0.477 e. The van der Waals surface area contributed by atoms with Crippen LogP contribution in [0.2, 0.25) is 0 Å². The maximum absolute atomic E-state index is 15.2. The van der Waals surface area contributed by atoms with Crippen LogP contribution in [0.25, 0.3) is 44.8 Å². The molecule has 158 valence electrons. The van der Waals surface area contributed by atoms with Crippen molar-refractivity contribution in [2.24, 2.45) is 0 Å². The summed E-state index contributed by atoms with van der Waals surface area (Å²) in [7, 11) is 0. The molecule has 1 N–H and O–H groups in total. The molecule has 0 unspecified atom stereocenters. The van der Waals surface area contributed by atoms with Gasteiger partial charge in [0.15, 0.2) is 17.3 Å². The molecule has 1 fully saturated rings. The summed E-state index contributed by atoms with van der Waals surface area (Å²) in [5.74, 6) is -1.36. The van der Waals surface area contributed by atoms with E-state index in [-0.39, 0.29) is 28.2 Å². The second-order valence-electron chi connectivity index (χ2n) is 7.64. The second kappa shape index (κ2) is 6.61.